The van der Waals surface area contributed by atoms with Gasteiger partial charge in [-0.25, -0.2) is 0 Å². The van der Waals surface area contributed by atoms with Gasteiger partial charge in [0.2, 0.25) is 0 Å². The fourth-order valence-corrected chi connectivity index (χ4v) is 4.84. The molecule has 190 valence electrons. The third-order valence-corrected chi connectivity index (χ3v) is 7.33. The molecule has 0 saturated heterocycles. The number of carbonyl (C=O) groups excluding carboxylic acids is 2. The summed E-state index contributed by atoms with van der Waals surface area (Å²) in [5, 5.41) is 0. The molecule has 0 saturated carbocycles. The summed E-state index contributed by atoms with van der Waals surface area (Å²) in [6, 6.07) is 10.2. The number of ether oxygens (including phenoxy) is 2. The van der Waals surface area contributed by atoms with Crippen LogP contribution in [0.3, 0.4) is 0 Å². The molecule has 1 aliphatic heterocycles. The summed E-state index contributed by atoms with van der Waals surface area (Å²) in [5.41, 5.74) is 6.01. The largest absolute Gasteiger partial charge is 0.465 e. The van der Waals surface area contributed by atoms with Crippen molar-refractivity contribution in [2.24, 2.45) is 5.92 Å². The molecular formula is C31H42O4. The molecule has 1 heterocycles. The van der Waals surface area contributed by atoms with Crippen molar-refractivity contribution in [1.29, 1.82) is 0 Å². The van der Waals surface area contributed by atoms with E-state index in [0.717, 1.165) is 52.6 Å². The molecule has 2 aromatic carbocycles. The number of benzene rings is 2. The second-order valence-corrected chi connectivity index (χ2v) is 11.1. The van der Waals surface area contributed by atoms with E-state index in [2.05, 4.69) is 66.7 Å². The first-order valence-corrected chi connectivity index (χ1v) is 13.2. The number of fused-ring (bicyclic) bond motifs is 1. The zero-order valence-electron chi connectivity index (χ0n) is 22.6. The summed E-state index contributed by atoms with van der Waals surface area (Å²) in [7, 11) is 0. The topological polar surface area (TPSA) is 52.6 Å². The minimum Gasteiger partial charge on any atom is -0.465 e. The highest BCUT2D eigenvalue weighted by atomic mass is 16.5. The number of hydrogen-bond donors (Lipinski definition) is 0. The molecule has 2 unspecified atom stereocenters. The van der Waals surface area contributed by atoms with Crippen LogP contribution in [0.4, 0.5) is 0 Å². The molecule has 2 aromatic rings. The van der Waals surface area contributed by atoms with Crippen LogP contribution in [-0.4, -0.2) is 18.5 Å². The van der Waals surface area contributed by atoms with Gasteiger partial charge >= 0.3 is 11.9 Å². The predicted octanol–water partition coefficient (Wildman–Crippen LogP) is 7.34. The van der Waals surface area contributed by atoms with E-state index in [1.165, 1.54) is 6.42 Å². The lowest BCUT2D eigenvalue weighted by Crippen LogP contribution is -2.15. The van der Waals surface area contributed by atoms with E-state index in [0.29, 0.717) is 31.1 Å². The van der Waals surface area contributed by atoms with Crippen molar-refractivity contribution in [1.82, 2.24) is 0 Å². The Morgan fingerprint density at radius 1 is 1.11 bits per heavy atom. The van der Waals surface area contributed by atoms with Crippen molar-refractivity contribution in [3.05, 3.63) is 63.7 Å². The Morgan fingerprint density at radius 3 is 2.51 bits per heavy atom. The summed E-state index contributed by atoms with van der Waals surface area (Å²) >= 11 is 0. The fraction of sp³-hybridized carbons (Fsp3) is 0.548. The van der Waals surface area contributed by atoms with Crippen LogP contribution in [0.5, 0.6) is 5.75 Å². The van der Waals surface area contributed by atoms with E-state index in [1.807, 2.05) is 12.1 Å². The van der Waals surface area contributed by atoms with Gasteiger partial charge in [-0.15, -0.1) is 0 Å². The lowest BCUT2D eigenvalue weighted by atomic mass is 9.80. The standard InChI is InChI=1S/C31H42O4/c1-8-10-13-22(9-2)19-34-27(32)16-15-23-17-25-28(24-14-11-12-20(3)21(24)4)30(33)35-29(25)26(18-23)31(5,6)7/h11-12,14,17-18,22,28H,8-10,13,15-16,19H2,1-7H3. The van der Waals surface area contributed by atoms with Gasteiger partial charge in [-0.2, -0.15) is 0 Å². The van der Waals surface area contributed by atoms with E-state index in [1.54, 1.807) is 0 Å². The Hall–Kier alpha value is -2.62. The summed E-state index contributed by atoms with van der Waals surface area (Å²) < 4.78 is 11.5. The first-order chi connectivity index (χ1) is 16.6. The summed E-state index contributed by atoms with van der Waals surface area (Å²) in [6.45, 7) is 15.3. The summed E-state index contributed by atoms with van der Waals surface area (Å²) in [4.78, 5) is 25.7. The van der Waals surface area contributed by atoms with E-state index < -0.39 is 5.92 Å². The van der Waals surface area contributed by atoms with E-state index >= 15 is 0 Å². The predicted molar refractivity (Wildman–Crippen MR) is 141 cm³/mol. The van der Waals surface area contributed by atoms with E-state index in [4.69, 9.17) is 9.47 Å². The van der Waals surface area contributed by atoms with Crippen molar-refractivity contribution in [2.45, 2.75) is 98.3 Å². The molecule has 35 heavy (non-hydrogen) atoms. The van der Waals surface area contributed by atoms with Crippen LogP contribution in [-0.2, 0) is 26.2 Å². The van der Waals surface area contributed by atoms with Crippen LogP contribution in [0, 0.1) is 19.8 Å². The Labute approximate surface area is 211 Å². The Morgan fingerprint density at radius 2 is 1.86 bits per heavy atom. The SMILES string of the molecule is CCCCC(CC)COC(=O)CCc1cc2c(c(C(C)(C)C)c1)OC(=O)C2c1cccc(C)c1C. The molecular weight excluding hydrogens is 436 g/mol. The lowest BCUT2D eigenvalue weighted by molar-refractivity contribution is -0.145. The molecule has 0 N–H and O–H groups in total. The zero-order valence-corrected chi connectivity index (χ0v) is 22.6. The summed E-state index contributed by atoms with van der Waals surface area (Å²) in [5.74, 6) is 0.292. The maximum absolute atomic E-state index is 13.1. The Balaban J connectivity index is 1.84. The number of rotatable bonds is 10. The fourth-order valence-electron chi connectivity index (χ4n) is 4.84. The van der Waals surface area contributed by atoms with Crippen LogP contribution in [0.2, 0.25) is 0 Å². The Bertz CT molecular complexity index is 1060. The maximum atomic E-state index is 13.1. The van der Waals surface area contributed by atoms with Crippen molar-refractivity contribution in [3.63, 3.8) is 0 Å². The van der Waals surface area contributed by atoms with Gasteiger partial charge in [0.1, 0.15) is 11.7 Å². The third kappa shape index (κ3) is 6.34. The second-order valence-electron chi connectivity index (χ2n) is 11.1. The van der Waals surface area contributed by atoms with Gasteiger partial charge in [-0.1, -0.05) is 84.2 Å². The molecule has 0 amide bonds. The molecule has 2 atom stereocenters. The minimum atomic E-state index is -0.443. The van der Waals surface area contributed by atoms with Crippen molar-refractivity contribution < 1.29 is 19.1 Å². The van der Waals surface area contributed by atoms with E-state index in [9.17, 15) is 9.59 Å². The normalized spacial score (nSPS) is 16.1. The molecule has 1 aliphatic rings. The first-order valence-electron chi connectivity index (χ1n) is 13.2. The molecule has 0 fully saturated rings. The van der Waals surface area contributed by atoms with Crippen LogP contribution < -0.4 is 4.74 Å². The number of carbonyl (C=O) groups is 2. The highest BCUT2D eigenvalue weighted by molar-refractivity contribution is 5.91. The first kappa shape index (κ1) is 27.0. The smallest absolute Gasteiger partial charge is 0.323 e. The van der Waals surface area contributed by atoms with Crippen LogP contribution in [0.1, 0.15) is 106 Å². The van der Waals surface area contributed by atoms with Gasteiger partial charge in [0.05, 0.1) is 6.61 Å². The van der Waals surface area contributed by atoms with Crippen LogP contribution in [0.25, 0.3) is 0 Å². The minimum absolute atomic E-state index is 0.156. The highest BCUT2D eigenvalue weighted by Gasteiger charge is 2.39. The molecule has 0 aliphatic carbocycles. The number of aryl methyl sites for hydroxylation is 2. The van der Waals surface area contributed by atoms with Gasteiger partial charge in [0.25, 0.3) is 0 Å². The highest BCUT2D eigenvalue weighted by Crippen LogP contribution is 2.46. The molecule has 0 bridgehead atoms. The van der Waals surface area contributed by atoms with Gasteiger partial charge in [-0.05, 0) is 60.3 Å². The number of unbranched alkanes of at least 4 members (excludes halogenated alkanes) is 1. The molecule has 0 aromatic heterocycles. The van der Waals surface area contributed by atoms with Crippen molar-refractivity contribution in [2.75, 3.05) is 6.61 Å². The monoisotopic (exact) mass is 478 g/mol. The maximum Gasteiger partial charge on any atom is 0.323 e. The molecule has 4 heteroatoms. The number of hydrogen-bond acceptors (Lipinski definition) is 4. The average Bonchev–Trinajstić information content (AvgIpc) is 3.13. The van der Waals surface area contributed by atoms with Crippen LogP contribution in [0.15, 0.2) is 30.3 Å². The van der Waals surface area contributed by atoms with Crippen molar-refractivity contribution in [3.8, 4) is 5.75 Å². The average molecular weight is 479 g/mol. The third-order valence-electron chi connectivity index (χ3n) is 7.33. The van der Waals surface area contributed by atoms with Gasteiger partial charge in [0.15, 0.2) is 0 Å². The molecule has 3 rings (SSSR count). The lowest BCUT2D eigenvalue weighted by Gasteiger charge is -2.23. The summed E-state index contributed by atoms with van der Waals surface area (Å²) in [6.07, 6.45) is 5.37. The van der Waals surface area contributed by atoms with Crippen LogP contribution >= 0.6 is 0 Å². The van der Waals surface area contributed by atoms with Gasteiger partial charge in [0, 0.05) is 17.5 Å². The quantitative estimate of drug-likeness (QED) is 0.265. The van der Waals surface area contributed by atoms with Crippen molar-refractivity contribution >= 4 is 11.9 Å². The molecule has 0 radical (unpaired) electrons. The molecule has 4 nitrogen and oxygen atoms in total. The number of esters is 2. The van der Waals surface area contributed by atoms with Gasteiger partial charge < -0.3 is 9.47 Å². The Kier molecular flexibility index (Phi) is 8.79. The van der Waals surface area contributed by atoms with E-state index in [-0.39, 0.29) is 17.4 Å². The molecule has 0 spiro atoms. The van der Waals surface area contributed by atoms with Gasteiger partial charge in [-0.3, -0.25) is 9.59 Å². The zero-order chi connectivity index (χ0) is 25.8. The second kappa shape index (κ2) is 11.4.